The molecule has 0 spiro atoms. The molecule has 0 unspecified atom stereocenters. The van der Waals surface area contributed by atoms with Gasteiger partial charge in [-0.15, -0.1) is 0 Å². The maximum atomic E-state index is 5.94. The molecule has 0 N–H and O–H groups in total. The maximum absolute atomic E-state index is 5.94. The van der Waals surface area contributed by atoms with Crippen LogP contribution in [0.3, 0.4) is 0 Å². The van der Waals surface area contributed by atoms with Crippen molar-refractivity contribution in [2.75, 3.05) is 0 Å². The van der Waals surface area contributed by atoms with Crippen molar-refractivity contribution in [2.45, 2.75) is 26.3 Å². The van der Waals surface area contributed by atoms with Gasteiger partial charge in [0.1, 0.15) is 11.3 Å². The minimum Gasteiger partial charge on any atom is -0.308 e. The van der Waals surface area contributed by atoms with Gasteiger partial charge >= 0.3 is 0 Å². The highest BCUT2D eigenvalue weighted by atomic mass is 35.5. The third-order valence-corrected chi connectivity index (χ3v) is 3.56. The normalized spacial score (nSPS) is 11.1. The first-order valence-electron chi connectivity index (χ1n) is 6.82. The number of benzene rings is 1. The third-order valence-electron chi connectivity index (χ3n) is 3.31. The van der Waals surface area contributed by atoms with Crippen LogP contribution in [0.2, 0.25) is 5.02 Å². The van der Waals surface area contributed by atoms with Crippen LogP contribution in [0.25, 0.3) is 11.2 Å². The van der Waals surface area contributed by atoms with Gasteiger partial charge in [0, 0.05) is 17.6 Å². The van der Waals surface area contributed by atoms with Crippen molar-refractivity contribution < 1.29 is 0 Å². The van der Waals surface area contributed by atoms with E-state index >= 15 is 0 Å². The lowest BCUT2D eigenvalue weighted by Gasteiger charge is -2.08. The summed E-state index contributed by atoms with van der Waals surface area (Å²) in [6.07, 6.45) is 3.85. The Bertz CT molecular complexity index is 716. The van der Waals surface area contributed by atoms with E-state index in [1.54, 1.807) is 0 Å². The van der Waals surface area contributed by atoms with Gasteiger partial charge in [-0.2, -0.15) is 0 Å². The Morgan fingerprint density at radius 1 is 1.15 bits per heavy atom. The topological polar surface area (TPSA) is 30.7 Å². The van der Waals surface area contributed by atoms with Crippen LogP contribution < -0.4 is 0 Å². The van der Waals surface area contributed by atoms with Crippen molar-refractivity contribution >= 4 is 22.8 Å². The molecule has 0 fully saturated rings. The molecule has 0 atom stereocenters. The summed E-state index contributed by atoms with van der Waals surface area (Å²) in [7, 11) is 0. The molecule has 3 aromatic rings. The van der Waals surface area contributed by atoms with E-state index in [9.17, 15) is 0 Å². The van der Waals surface area contributed by atoms with E-state index in [-0.39, 0.29) is 0 Å². The number of pyridine rings is 1. The molecule has 2 aromatic heterocycles. The van der Waals surface area contributed by atoms with Gasteiger partial charge in [0.2, 0.25) is 0 Å². The van der Waals surface area contributed by atoms with Crippen LogP contribution in [0.15, 0.2) is 42.6 Å². The third kappa shape index (κ3) is 2.54. The molecule has 0 aliphatic heterocycles. The van der Waals surface area contributed by atoms with E-state index in [4.69, 9.17) is 16.6 Å². The number of aryl methyl sites for hydroxylation is 1. The highest BCUT2D eigenvalue weighted by molar-refractivity contribution is 6.30. The summed E-state index contributed by atoms with van der Waals surface area (Å²) in [6.45, 7) is 2.94. The molecule has 2 heterocycles. The molecule has 4 heteroatoms. The lowest BCUT2D eigenvalue weighted by atomic mass is 10.2. The minimum absolute atomic E-state index is 0.760. The Hall–Kier alpha value is -1.87. The zero-order valence-electron chi connectivity index (χ0n) is 11.4. The van der Waals surface area contributed by atoms with Gasteiger partial charge in [-0.25, -0.2) is 9.97 Å². The summed E-state index contributed by atoms with van der Waals surface area (Å²) in [5, 5.41) is 0.760. The van der Waals surface area contributed by atoms with Crippen molar-refractivity contribution in [3.05, 3.63) is 59.0 Å². The largest absolute Gasteiger partial charge is 0.308 e. The number of hydrogen-bond donors (Lipinski definition) is 0. The molecule has 0 aliphatic carbocycles. The first kappa shape index (κ1) is 13.1. The van der Waals surface area contributed by atoms with E-state index in [1.165, 1.54) is 5.56 Å². The van der Waals surface area contributed by atoms with E-state index in [0.717, 1.165) is 41.4 Å². The lowest BCUT2D eigenvalue weighted by molar-refractivity contribution is 0.716. The fourth-order valence-electron chi connectivity index (χ4n) is 2.36. The Balaban J connectivity index is 2.04. The lowest BCUT2D eigenvalue weighted by Crippen LogP contribution is -2.05. The summed E-state index contributed by atoms with van der Waals surface area (Å²) in [5.74, 6) is 1.09. The Morgan fingerprint density at radius 2 is 1.95 bits per heavy atom. The smallest absolute Gasteiger partial charge is 0.160 e. The average Bonchev–Trinajstić information content (AvgIpc) is 2.80. The van der Waals surface area contributed by atoms with Crippen LogP contribution >= 0.6 is 11.6 Å². The van der Waals surface area contributed by atoms with Crippen molar-refractivity contribution in [3.63, 3.8) is 0 Å². The van der Waals surface area contributed by atoms with Gasteiger partial charge in [0.25, 0.3) is 0 Å². The molecule has 3 rings (SSSR count). The number of halogens is 1. The molecule has 0 saturated heterocycles. The monoisotopic (exact) mass is 285 g/mol. The molecule has 0 bridgehead atoms. The second-order valence-electron chi connectivity index (χ2n) is 4.84. The highest BCUT2D eigenvalue weighted by Gasteiger charge is 2.11. The molecule has 20 heavy (non-hydrogen) atoms. The van der Waals surface area contributed by atoms with Crippen molar-refractivity contribution in [1.29, 1.82) is 0 Å². The summed E-state index contributed by atoms with van der Waals surface area (Å²) in [6, 6.07) is 11.9. The number of nitrogens with zero attached hydrogens (tertiary/aromatic N) is 3. The van der Waals surface area contributed by atoms with Crippen LogP contribution in [0.4, 0.5) is 0 Å². The van der Waals surface area contributed by atoms with E-state index < -0.39 is 0 Å². The SMILES string of the molecule is CCCc1nc2cccnc2n1Cc1ccc(Cl)cc1. The van der Waals surface area contributed by atoms with Crippen LogP contribution in [0, 0.1) is 0 Å². The van der Waals surface area contributed by atoms with Crippen LogP contribution in [0.1, 0.15) is 24.7 Å². The molecular weight excluding hydrogens is 270 g/mol. The van der Waals surface area contributed by atoms with Crippen molar-refractivity contribution in [2.24, 2.45) is 0 Å². The Morgan fingerprint density at radius 3 is 2.70 bits per heavy atom. The molecule has 3 nitrogen and oxygen atoms in total. The predicted molar refractivity (Wildman–Crippen MR) is 82.1 cm³/mol. The van der Waals surface area contributed by atoms with Crippen LogP contribution in [-0.4, -0.2) is 14.5 Å². The van der Waals surface area contributed by atoms with Gasteiger partial charge in [0.05, 0.1) is 6.54 Å². The summed E-state index contributed by atoms with van der Waals surface area (Å²) in [4.78, 5) is 9.16. The number of aromatic nitrogens is 3. The fraction of sp³-hybridized carbons (Fsp3) is 0.250. The van der Waals surface area contributed by atoms with Gasteiger partial charge in [0.15, 0.2) is 5.65 Å². The van der Waals surface area contributed by atoms with E-state index in [1.807, 2.05) is 42.6 Å². The second-order valence-corrected chi connectivity index (χ2v) is 5.27. The number of fused-ring (bicyclic) bond motifs is 1. The van der Waals surface area contributed by atoms with Gasteiger partial charge < -0.3 is 4.57 Å². The van der Waals surface area contributed by atoms with E-state index in [0.29, 0.717) is 0 Å². The Kier molecular flexibility index (Phi) is 3.70. The molecule has 0 amide bonds. The van der Waals surface area contributed by atoms with Crippen LogP contribution in [0.5, 0.6) is 0 Å². The number of rotatable bonds is 4. The van der Waals surface area contributed by atoms with Gasteiger partial charge in [-0.05, 0) is 36.2 Å². The van der Waals surface area contributed by atoms with Crippen molar-refractivity contribution in [1.82, 2.24) is 14.5 Å². The first-order chi connectivity index (χ1) is 9.78. The molecule has 1 aromatic carbocycles. The quantitative estimate of drug-likeness (QED) is 0.723. The first-order valence-corrected chi connectivity index (χ1v) is 7.20. The summed E-state index contributed by atoms with van der Waals surface area (Å²) in [5.41, 5.74) is 3.12. The predicted octanol–water partition coefficient (Wildman–Crippen LogP) is 4.09. The van der Waals surface area contributed by atoms with Gasteiger partial charge in [-0.3, -0.25) is 0 Å². The molecule has 102 valence electrons. The highest BCUT2D eigenvalue weighted by Crippen LogP contribution is 2.18. The van der Waals surface area contributed by atoms with Crippen molar-refractivity contribution in [3.8, 4) is 0 Å². The molecule has 0 radical (unpaired) electrons. The van der Waals surface area contributed by atoms with Gasteiger partial charge in [-0.1, -0.05) is 30.7 Å². The standard InChI is InChI=1S/C16H16ClN3/c1-2-4-15-19-14-5-3-10-18-16(14)20(15)11-12-6-8-13(17)9-7-12/h3,5-10H,2,4,11H2,1H3. The second kappa shape index (κ2) is 5.63. The zero-order valence-corrected chi connectivity index (χ0v) is 12.1. The summed E-state index contributed by atoms with van der Waals surface area (Å²) >= 11 is 5.94. The van der Waals surface area contributed by atoms with E-state index in [2.05, 4.69) is 16.5 Å². The number of hydrogen-bond acceptors (Lipinski definition) is 2. The van der Waals surface area contributed by atoms with Crippen LogP contribution in [-0.2, 0) is 13.0 Å². The molecular formula is C16H16ClN3. The average molecular weight is 286 g/mol. The fourth-order valence-corrected chi connectivity index (χ4v) is 2.48. The molecule has 0 saturated carbocycles. The zero-order chi connectivity index (χ0) is 13.9. The molecule has 0 aliphatic rings. The Labute approximate surface area is 123 Å². The maximum Gasteiger partial charge on any atom is 0.160 e. The minimum atomic E-state index is 0.760. The number of imidazole rings is 1. The summed E-state index contributed by atoms with van der Waals surface area (Å²) < 4.78 is 2.20.